The molecule has 0 aliphatic carbocycles. The maximum atomic E-state index is 12.4. The van der Waals surface area contributed by atoms with Crippen molar-refractivity contribution in [2.24, 2.45) is 0 Å². The van der Waals surface area contributed by atoms with Gasteiger partial charge in [0.05, 0.1) is 18.8 Å². The van der Waals surface area contributed by atoms with Crippen molar-refractivity contribution in [3.63, 3.8) is 0 Å². The molecule has 0 aliphatic heterocycles. The second-order valence-electron chi connectivity index (χ2n) is 15.8. The second kappa shape index (κ2) is 49.2. The summed E-state index contributed by atoms with van der Waals surface area (Å²) in [7, 11) is 0. The fourth-order valence-electron chi connectivity index (χ4n) is 6.50. The molecule has 1 amide bonds. The maximum Gasteiger partial charge on any atom is 0.220 e. The van der Waals surface area contributed by atoms with Crippen molar-refractivity contribution < 1.29 is 15.0 Å². The highest BCUT2D eigenvalue weighted by atomic mass is 16.3. The van der Waals surface area contributed by atoms with Gasteiger partial charge in [-0.05, 0) is 96.3 Å². The summed E-state index contributed by atoms with van der Waals surface area (Å²) in [6, 6.07) is -0.645. The Balaban J connectivity index is 3.58. The van der Waals surface area contributed by atoms with Gasteiger partial charge in [0.1, 0.15) is 0 Å². The summed E-state index contributed by atoms with van der Waals surface area (Å²) in [6.45, 7) is 4.13. The van der Waals surface area contributed by atoms with Crippen LogP contribution in [-0.4, -0.2) is 34.9 Å². The Labute approximate surface area is 365 Å². The number of carbonyl (C=O) groups is 1. The summed E-state index contributed by atoms with van der Waals surface area (Å²) in [4.78, 5) is 12.4. The Kier molecular flexibility index (Phi) is 46.5. The van der Waals surface area contributed by atoms with Gasteiger partial charge in [0.25, 0.3) is 0 Å². The Hall–Kier alpha value is -3.21. The standard InChI is InChI=1S/C55H91NO3/c1-3-5-7-9-11-13-15-16-17-18-19-20-21-22-23-24-25-26-27-28-29-30-31-32-33-34-35-36-37-38-39-40-41-43-45-47-49-51-55(59)56-53(52-57)54(58)50-48-46-44-42-14-12-10-8-6-4-2/h5,7,11,13-14,16-17,19-20,22-23,25-26,28-29,31-32,42,48,50,53-54,57-58H,3-4,6,8-10,12,15,18,21,24,27,30,33-41,43-47,49,51-52H2,1-2H3,(H,56,59)/b7-5-,13-11-,17-16-,20-19-,23-22-,26-25-,29-28-,32-31-,42-14+,50-48+. The largest absolute Gasteiger partial charge is 0.394 e. The molecule has 0 fully saturated rings. The van der Waals surface area contributed by atoms with Crippen molar-refractivity contribution >= 4 is 5.91 Å². The van der Waals surface area contributed by atoms with Gasteiger partial charge in [-0.3, -0.25) is 4.79 Å². The minimum Gasteiger partial charge on any atom is -0.394 e. The van der Waals surface area contributed by atoms with E-state index >= 15 is 0 Å². The number of aliphatic hydroxyl groups is 2. The van der Waals surface area contributed by atoms with Crippen molar-refractivity contribution in [2.75, 3.05) is 6.61 Å². The zero-order valence-corrected chi connectivity index (χ0v) is 38.2. The van der Waals surface area contributed by atoms with Crippen LogP contribution in [0.15, 0.2) is 122 Å². The number of nitrogens with one attached hydrogen (secondary N) is 1. The minimum absolute atomic E-state index is 0.0842. The zero-order chi connectivity index (χ0) is 42.8. The molecule has 0 aromatic carbocycles. The molecule has 0 spiro atoms. The predicted octanol–water partition coefficient (Wildman–Crippen LogP) is 15.7. The first-order chi connectivity index (χ1) is 29.2. The fourth-order valence-corrected chi connectivity index (χ4v) is 6.50. The normalized spacial score (nSPS) is 14.0. The highest BCUT2D eigenvalue weighted by Gasteiger charge is 2.17. The third-order valence-electron chi connectivity index (χ3n) is 10.2. The number of hydrogen-bond acceptors (Lipinski definition) is 3. The minimum atomic E-state index is -0.867. The van der Waals surface area contributed by atoms with E-state index in [1.807, 2.05) is 6.08 Å². The number of allylic oxidation sites excluding steroid dienone is 19. The molecule has 3 N–H and O–H groups in total. The van der Waals surface area contributed by atoms with Gasteiger partial charge in [0.2, 0.25) is 5.91 Å². The van der Waals surface area contributed by atoms with Crippen LogP contribution >= 0.6 is 0 Å². The van der Waals surface area contributed by atoms with Crippen LogP contribution in [0.25, 0.3) is 0 Å². The number of aliphatic hydroxyl groups excluding tert-OH is 2. The number of hydrogen-bond donors (Lipinski definition) is 3. The third-order valence-corrected chi connectivity index (χ3v) is 10.2. The van der Waals surface area contributed by atoms with Crippen molar-refractivity contribution in [1.82, 2.24) is 5.32 Å². The molecule has 0 heterocycles. The van der Waals surface area contributed by atoms with Gasteiger partial charge < -0.3 is 15.5 Å². The predicted molar refractivity (Wildman–Crippen MR) is 262 cm³/mol. The van der Waals surface area contributed by atoms with Crippen LogP contribution in [0.2, 0.25) is 0 Å². The Morgan fingerprint density at radius 1 is 0.424 bits per heavy atom. The average molecular weight is 814 g/mol. The summed E-state index contributed by atoms with van der Waals surface area (Å²) in [5, 5.41) is 22.9. The topological polar surface area (TPSA) is 69.6 Å². The molecule has 4 heteroatoms. The summed E-state index contributed by atoms with van der Waals surface area (Å²) in [5.41, 5.74) is 0. The molecule has 0 radical (unpaired) electrons. The monoisotopic (exact) mass is 814 g/mol. The first-order valence-electron chi connectivity index (χ1n) is 24.2. The highest BCUT2D eigenvalue weighted by molar-refractivity contribution is 5.76. The molecule has 334 valence electrons. The smallest absolute Gasteiger partial charge is 0.220 e. The first-order valence-corrected chi connectivity index (χ1v) is 24.2. The number of carbonyl (C=O) groups excluding carboxylic acids is 1. The number of rotatable bonds is 42. The molecule has 0 aromatic heterocycles. The Bertz CT molecular complexity index is 1200. The van der Waals surface area contributed by atoms with Crippen molar-refractivity contribution in [3.8, 4) is 0 Å². The van der Waals surface area contributed by atoms with E-state index in [0.717, 1.165) is 83.5 Å². The average Bonchev–Trinajstić information content (AvgIpc) is 3.24. The van der Waals surface area contributed by atoms with Crippen LogP contribution in [0, 0.1) is 0 Å². The van der Waals surface area contributed by atoms with Gasteiger partial charge in [0, 0.05) is 6.42 Å². The van der Waals surface area contributed by atoms with Gasteiger partial charge in [-0.1, -0.05) is 219 Å². The fraction of sp³-hybridized carbons (Fsp3) is 0.618. The lowest BCUT2D eigenvalue weighted by molar-refractivity contribution is -0.123. The van der Waals surface area contributed by atoms with Crippen LogP contribution < -0.4 is 5.32 Å². The van der Waals surface area contributed by atoms with Crippen LogP contribution in [0.5, 0.6) is 0 Å². The van der Waals surface area contributed by atoms with Crippen molar-refractivity contribution in [3.05, 3.63) is 122 Å². The van der Waals surface area contributed by atoms with Gasteiger partial charge in [-0.2, -0.15) is 0 Å². The van der Waals surface area contributed by atoms with E-state index in [1.54, 1.807) is 6.08 Å². The van der Waals surface area contributed by atoms with E-state index in [4.69, 9.17) is 0 Å². The van der Waals surface area contributed by atoms with Crippen molar-refractivity contribution in [2.45, 2.75) is 212 Å². The quantitative estimate of drug-likeness (QED) is 0.0425. The van der Waals surface area contributed by atoms with Gasteiger partial charge >= 0.3 is 0 Å². The van der Waals surface area contributed by atoms with E-state index in [2.05, 4.69) is 129 Å². The summed E-state index contributed by atoms with van der Waals surface area (Å²) >= 11 is 0. The lowest BCUT2D eigenvalue weighted by Crippen LogP contribution is -2.45. The van der Waals surface area contributed by atoms with Gasteiger partial charge in [-0.25, -0.2) is 0 Å². The number of amides is 1. The summed E-state index contributed by atoms with van der Waals surface area (Å²) in [5.74, 6) is -0.0842. The first kappa shape index (κ1) is 55.8. The Morgan fingerprint density at radius 3 is 1.19 bits per heavy atom. The van der Waals surface area contributed by atoms with Crippen LogP contribution in [0.1, 0.15) is 200 Å². The van der Waals surface area contributed by atoms with Crippen LogP contribution in [0.4, 0.5) is 0 Å². The molecular weight excluding hydrogens is 723 g/mol. The lowest BCUT2D eigenvalue weighted by Gasteiger charge is -2.19. The van der Waals surface area contributed by atoms with Crippen LogP contribution in [-0.2, 0) is 4.79 Å². The van der Waals surface area contributed by atoms with Gasteiger partial charge in [-0.15, -0.1) is 0 Å². The lowest BCUT2D eigenvalue weighted by atomic mass is 10.0. The summed E-state index contributed by atoms with van der Waals surface area (Å²) in [6.07, 6.45) is 76.2. The molecule has 59 heavy (non-hydrogen) atoms. The molecular formula is C55H91NO3. The molecule has 0 aromatic rings. The highest BCUT2D eigenvalue weighted by Crippen LogP contribution is 2.14. The summed E-state index contributed by atoms with van der Waals surface area (Å²) < 4.78 is 0. The molecule has 0 bridgehead atoms. The van der Waals surface area contributed by atoms with Gasteiger partial charge in [0.15, 0.2) is 0 Å². The van der Waals surface area contributed by atoms with E-state index < -0.39 is 12.1 Å². The van der Waals surface area contributed by atoms with E-state index in [-0.39, 0.29) is 12.5 Å². The molecule has 2 atom stereocenters. The SMILES string of the molecule is CC/C=C\C/C=C\C/C=C\C/C=C\C/C=C\C/C=C\C/C=C\C/C=C\CCCCCCCCCCCCCCC(=O)NC(CO)C(O)/C=C/CC/C=C/CCCCCC. The van der Waals surface area contributed by atoms with E-state index in [0.29, 0.717) is 6.42 Å². The second-order valence-corrected chi connectivity index (χ2v) is 15.8. The Morgan fingerprint density at radius 2 is 0.763 bits per heavy atom. The molecule has 2 unspecified atom stereocenters. The number of unbranched alkanes of at least 4 members (excludes halogenated alkanes) is 17. The maximum absolute atomic E-state index is 12.4. The molecule has 0 saturated heterocycles. The van der Waals surface area contributed by atoms with E-state index in [1.165, 1.54) is 96.3 Å². The molecule has 0 saturated carbocycles. The van der Waals surface area contributed by atoms with Crippen LogP contribution in [0.3, 0.4) is 0 Å². The molecule has 0 aliphatic rings. The molecule has 0 rings (SSSR count). The van der Waals surface area contributed by atoms with E-state index in [9.17, 15) is 15.0 Å². The third kappa shape index (κ3) is 45.7. The van der Waals surface area contributed by atoms with Crippen molar-refractivity contribution in [1.29, 1.82) is 0 Å². The molecule has 4 nitrogen and oxygen atoms in total. The zero-order valence-electron chi connectivity index (χ0n) is 38.2.